The molecule has 94 valence electrons. The summed E-state index contributed by atoms with van der Waals surface area (Å²) in [5.74, 6) is 1.47. The molecule has 0 unspecified atom stereocenters. The number of carbonyl (C=O) groups excluding carboxylic acids is 1. The van der Waals surface area contributed by atoms with E-state index in [1.165, 1.54) is 38.5 Å². The Morgan fingerprint density at radius 1 is 1.25 bits per heavy atom. The van der Waals surface area contributed by atoms with Gasteiger partial charge in [0.1, 0.15) is 0 Å². The number of alkyl halides is 1. The zero-order chi connectivity index (χ0) is 11.8. The Balaban J connectivity index is 2.35. The molecule has 3 heteroatoms. The van der Waals surface area contributed by atoms with E-state index in [1.54, 1.807) is 0 Å². The molecule has 0 bridgehead atoms. The van der Waals surface area contributed by atoms with Crippen LogP contribution < -0.4 is 0 Å². The minimum atomic E-state index is 0.301. The van der Waals surface area contributed by atoms with Gasteiger partial charge in [-0.15, -0.1) is 11.6 Å². The summed E-state index contributed by atoms with van der Waals surface area (Å²) in [6, 6.07) is 0. The summed E-state index contributed by atoms with van der Waals surface area (Å²) in [5, 5.41) is 0. The third-order valence-corrected chi connectivity index (χ3v) is 3.70. The Morgan fingerprint density at radius 2 is 1.88 bits per heavy atom. The van der Waals surface area contributed by atoms with E-state index in [0.29, 0.717) is 24.2 Å². The maximum Gasteiger partial charge on any atom is 0.222 e. The van der Waals surface area contributed by atoms with E-state index in [1.807, 2.05) is 11.8 Å². The van der Waals surface area contributed by atoms with Gasteiger partial charge in [-0.25, -0.2) is 0 Å². The van der Waals surface area contributed by atoms with Crippen LogP contribution in [0.5, 0.6) is 0 Å². The van der Waals surface area contributed by atoms with Crippen molar-refractivity contribution >= 4 is 17.5 Å². The van der Waals surface area contributed by atoms with Gasteiger partial charge >= 0.3 is 0 Å². The Morgan fingerprint density at radius 3 is 2.38 bits per heavy atom. The van der Waals surface area contributed by atoms with Crippen molar-refractivity contribution < 1.29 is 4.79 Å². The number of rotatable bonds is 5. The monoisotopic (exact) mass is 245 g/mol. The van der Waals surface area contributed by atoms with Crippen LogP contribution in [-0.4, -0.2) is 29.8 Å². The van der Waals surface area contributed by atoms with Gasteiger partial charge in [-0.2, -0.15) is 0 Å². The third kappa shape index (κ3) is 4.73. The Labute approximate surface area is 104 Å². The van der Waals surface area contributed by atoms with Gasteiger partial charge in [-0.1, -0.05) is 25.7 Å². The van der Waals surface area contributed by atoms with Crippen molar-refractivity contribution in [1.82, 2.24) is 4.90 Å². The molecule has 1 aliphatic carbocycles. The fourth-order valence-corrected chi connectivity index (χ4v) is 2.71. The van der Waals surface area contributed by atoms with E-state index < -0.39 is 0 Å². The second-order valence-electron chi connectivity index (χ2n) is 4.72. The highest BCUT2D eigenvalue weighted by Crippen LogP contribution is 2.25. The standard InChI is InChI=1S/C13H24ClNO/c1-2-15(10-9-14)13(16)11-12-7-5-3-4-6-8-12/h12H,2-11H2,1H3. The summed E-state index contributed by atoms with van der Waals surface area (Å²) in [7, 11) is 0. The average Bonchev–Trinajstić information content (AvgIpc) is 2.54. The van der Waals surface area contributed by atoms with E-state index in [2.05, 4.69) is 0 Å². The molecule has 0 aromatic rings. The van der Waals surface area contributed by atoms with Crippen molar-refractivity contribution in [3.8, 4) is 0 Å². The Bertz CT molecular complexity index is 200. The molecule has 0 heterocycles. The van der Waals surface area contributed by atoms with Gasteiger partial charge in [0.15, 0.2) is 0 Å². The first-order valence-electron chi connectivity index (χ1n) is 6.61. The number of carbonyl (C=O) groups is 1. The lowest BCUT2D eigenvalue weighted by molar-refractivity contribution is -0.131. The molecule has 0 N–H and O–H groups in total. The van der Waals surface area contributed by atoms with Crippen LogP contribution in [0.4, 0.5) is 0 Å². The lowest BCUT2D eigenvalue weighted by Gasteiger charge is -2.22. The zero-order valence-electron chi connectivity index (χ0n) is 10.4. The molecule has 0 atom stereocenters. The summed E-state index contributed by atoms with van der Waals surface area (Å²) < 4.78 is 0. The molecule has 2 nitrogen and oxygen atoms in total. The van der Waals surface area contributed by atoms with Gasteiger partial charge in [-0.05, 0) is 25.7 Å². The first-order valence-corrected chi connectivity index (χ1v) is 7.15. The fraction of sp³-hybridized carbons (Fsp3) is 0.923. The molecule has 0 aromatic heterocycles. The van der Waals surface area contributed by atoms with Crippen molar-refractivity contribution in [2.24, 2.45) is 5.92 Å². The van der Waals surface area contributed by atoms with Crippen molar-refractivity contribution in [2.45, 2.75) is 51.9 Å². The molecule has 1 aliphatic rings. The number of hydrogen-bond acceptors (Lipinski definition) is 1. The molecular formula is C13H24ClNO. The second-order valence-corrected chi connectivity index (χ2v) is 5.10. The van der Waals surface area contributed by atoms with E-state index in [9.17, 15) is 4.79 Å². The summed E-state index contributed by atoms with van der Waals surface area (Å²) in [6.07, 6.45) is 8.53. The van der Waals surface area contributed by atoms with Crippen molar-refractivity contribution in [3.05, 3.63) is 0 Å². The highest BCUT2D eigenvalue weighted by Gasteiger charge is 2.19. The first-order chi connectivity index (χ1) is 7.77. The average molecular weight is 246 g/mol. The van der Waals surface area contributed by atoms with Crippen LogP contribution in [0.2, 0.25) is 0 Å². The highest BCUT2D eigenvalue weighted by molar-refractivity contribution is 6.18. The number of amides is 1. The van der Waals surface area contributed by atoms with Crippen molar-refractivity contribution in [3.63, 3.8) is 0 Å². The van der Waals surface area contributed by atoms with E-state index in [-0.39, 0.29) is 0 Å². The fourth-order valence-electron chi connectivity index (χ4n) is 2.51. The number of halogens is 1. The van der Waals surface area contributed by atoms with Crippen LogP contribution in [0.1, 0.15) is 51.9 Å². The number of nitrogens with zero attached hydrogens (tertiary/aromatic N) is 1. The van der Waals surface area contributed by atoms with E-state index in [0.717, 1.165) is 13.0 Å². The van der Waals surface area contributed by atoms with Crippen LogP contribution in [0.3, 0.4) is 0 Å². The van der Waals surface area contributed by atoms with Crippen molar-refractivity contribution in [2.75, 3.05) is 19.0 Å². The van der Waals surface area contributed by atoms with E-state index >= 15 is 0 Å². The van der Waals surface area contributed by atoms with Gasteiger partial charge < -0.3 is 4.90 Å². The lowest BCUT2D eigenvalue weighted by Crippen LogP contribution is -2.33. The van der Waals surface area contributed by atoms with Gasteiger partial charge in [0, 0.05) is 25.4 Å². The van der Waals surface area contributed by atoms with Crippen LogP contribution in [-0.2, 0) is 4.79 Å². The van der Waals surface area contributed by atoms with Gasteiger partial charge in [0.2, 0.25) is 5.91 Å². The van der Waals surface area contributed by atoms with Crippen molar-refractivity contribution in [1.29, 1.82) is 0 Å². The SMILES string of the molecule is CCN(CCCl)C(=O)CC1CCCCCC1. The molecule has 16 heavy (non-hydrogen) atoms. The molecule has 0 aromatic carbocycles. The van der Waals surface area contributed by atoms with Gasteiger partial charge in [0.05, 0.1) is 0 Å². The molecule has 1 fully saturated rings. The summed E-state index contributed by atoms with van der Waals surface area (Å²) in [5.41, 5.74) is 0. The molecule has 0 radical (unpaired) electrons. The third-order valence-electron chi connectivity index (χ3n) is 3.53. The number of hydrogen-bond donors (Lipinski definition) is 0. The molecule has 0 saturated heterocycles. The molecule has 0 aliphatic heterocycles. The molecule has 1 amide bonds. The predicted molar refractivity (Wildman–Crippen MR) is 68.8 cm³/mol. The normalized spacial score (nSPS) is 18.1. The minimum absolute atomic E-state index is 0.301. The van der Waals surface area contributed by atoms with Crippen LogP contribution in [0.15, 0.2) is 0 Å². The zero-order valence-corrected chi connectivity index (χ0v) is 11.1. The Kier molecular flexibility index (Phi) is 6.86. The van der Waals surface area contributed by atoms with Crippen LogP contribution >= 0.6 is 11.6 Å². The molecule has 0 spiro atoms. The second kappa shape index (κ2) is 7.94. The molecule has 1 saturated carbocycles. The largest absolute Gasteiger partial charge is 0.342 e. The maximum absolute atomic E-state index is 12.0. The first kappa shape index (κ1) is 13.8. The topological polar surface area (TPSA) is 20.3 Å². The predicted octanol–water partition coefficient (Wildman–Crippen LogP) is 3.43. The van der Waals surface area contributed by atoms with E-state index in [4.69, 9.17) is 11.6 Å². The van der Waals surface area contributed by atoms with Gasteiger partial charge in [-0.3, -0.25) is 4.79 Å². The Hall–Kier alpha value is -0.240. The molecule has 1 rings (SSSR count). The van der Waals surface area contributed by atoms with Crippen LogP contribution in [0, 0.1) is 5.92 Å². The summed E-state index contributed by atoms with van der Waals surface area (Å²) >= 11 is 5.69. The highest BCUT2D eigenvalue weighted by atomic mass is 35.5. The maximum atomic E-state index is 12.0. The minimum Gasteiger partial charge on any atom is -0.342 e. The summed E-state index contributed by atoms with van der Waals surface area (Å²) in [6.45, 7) is 3.51. The van der Waals surface area contributed by atoms with Crippen LogP contribution in [0.25, 0.3) is 0 Å². The molecular weight excluding hydrogens is 222 g/mol. The lowest BCUT2D eigenvalue weighted by atomic mass is 9.96. The summed E-state index contributed by atoms with van der Waals surface area (Å²) in [4.78, 5) is 13.9. The van der Waals surface area contributed by atoms with Gasteiger partial charge in [0.25, 0.3) is 0 Å². The quantitative estimate of drug-likeness (QED) is 0.537. The smallest absolute Gasteiger partial charge is 0.222 e.